The molecule has 0 aliphatic rings. The predicted octanol–water partition coefficient (Wildman–Crippen LogP) is 2.98. The molecule has 3 nitrogen and oxygen atoms in total. The van der Waals surface area contributed by atoms with Crippen molar-refractivity contribution in [2.75, 3.05) is 6.26 Å². The first kappa shape index (κ1) is 14.8. The summed E-state index contributed by atoms with van der Waals surface area (Å²) >= 11 is 0. The van der Waals surface area contributed by atoms with E-state index in [1.54, 1.807) is 32.0 Å². The molecule has 0 aliphatic heterocycles. The second-order valence-corrected chi connectivity index (χ2v) is 7.45. The Labute approximate surface area is 119 Å². The Hall–Kier alpha value is -1.65. The standard InChI is InChI=1S/C16H18O3S/c1-16(2,17)14-9-7-12(8-10-14)13-5-4-6-15(11-13)20(3,18)19/h4-11,17H,1-3H3. The van der Waals surface area contributed by atoms with Crippen LogP contribution in [-0.2, 0) is 15.4 Å². The summed E-state index contributed by atoms with van der Waals surface area (Å²) in [5.74, 6) is 0. The lowest BCUT2D eigenvalue weighted by molar-refractivity contribution is 0.0786. The van der Waals surface area contributed by atoms with Crippen LogP contribution in [0.1, 0.15) is 19.4 Å². The van der Waals surface area contributed by atoms with E-state index in [2.05, 4.69) is 0 Å². The van der Waals surface area contributed by atoms with Crippen LogP contribution < -0.4 is 0 Å². The molecule has 0 fully saturated rings. The summed E-state index contributed by atoms with van der Waals surface area (Å²) in [6, 6.07) is 14.3. The Morgan fingerprint density at radius 2 is 1.55 bits per heavy atom. The first-order valence-electron chi connectivity index (χ1n) is 6.31. The molecule has 20 heavy (non-hydrogen) atoms. The van der Waals surface area contributed by atoms with Crippen LogP contribution in [0, 0.1) is 0 Å². The van der Waals surface area contributed by atoms with E-state index in [0.717, 1.165) is 16.7 Å². The van der Waals surface area contributed by atoms with Crippen molar-refractivity contribution < 1.29 is 13.5 Å². The average molecular weight is 290 g/mol. The van der Waals surface area contributed by atoms with Crippen molar-refractivity contribution in [2.45, 2.75) is 24.3 Å². The van der Waals surface area contributed by atoms with Crippen molar-refractivity contribution >= 4 is 9.84 Å². The fraction of sp³-hybridized carbons (Fsp3) is 0.250. The SMILES string of the molecule is CC(C)(O)c1ccc(-c2cccc(S(C)(=O)=O)c2)cc1. The third-order valence-corrected chi connectivity index (χ3v) is 4.30. The van der Waals surface area contributed by atoms with Gasteiger partial charge in [-0.1, -0.05) is 36.4 Å². The number of rotatable bonds is 3. The highest BCUT2D eigenvalue weighted by molar-refractivity contribution is 7.90. The molecule has 2 rings (SSSR count). The summed E-state index contributed by atoms with van der Waals surface area (Å²) in [4.78, 5) is 0.307. The molecule has 0 saturated carbocycles. The molecule has 0 heterocycles. The van der Waals surface area contributed by atoms with Gasteiger partial charge >= 0.3 is 0 Å². The minimum Gasteiger partial charge on any atom is -0.386 e. The van der Waals surface area contributed by atoms with Gasteiger partial charge in [0.25, 0.3) is 0 Å². The molecule has 1 N–H and O–H groups in total. The third-order valence-electron chi connectivity index (χ3n) is 3.19. The van der Waals surface area contributed by atoms with Gasteiger partial charge in [-0.2, -0.15) is 0 Å². The molecule has 0 unspecified atom stereocenters. The predicted molar refractivity (Wildman–Crippen MR) is 80.2 cm³/mol. The highest BCUT2D eigenvalue weighted by Crippen LogP contribution is 2.26. The first-order valence-corrected chi connectivity index (χ1v) is 8.20. The Morgan fingerprint density at radius 3 is 2.05 bits per heavy atom. The van der Waals surface area contributed by atoms with Crippen LogP contribution >= 0.6 is 0 Å². The zero-order chi connectivity index (χ0) is 15.0. The van der Waals surface area contributed by atoms with Crippen molar-refractivity contribution in [3.8, 4) is 11.1 Å². The van der Waals surface area contributed by atoms with Gasteiger partial charge < -0.3 is 5.11 Å². The largest absolute Gasteiger partial charge is 0.386 e. The van der Waals surface area contributed by atoms with Crippen LogP contribution in [0.5, 0.6) is 0 Å². The van der Waals surface area contributed by atoms with Crippen LogP contribution in [0.3, 0.4) is 0 Å². The number of hydrogen-bond donors (Lipinski definition) is 1. The molecule has 0 radical (unpaired) electrons. The summed E-state index contributed by atoms with van der Waals surface area (Å²) in [7, 11) is -3.20. The lowest BCUT2D eigenvalue weighted by atomic mass is 9.95. The van der Waals surface area contributed by atoms with Gasteiger partial charge in [0, 0.05) is 6.26 Å². The highest BCUT2D eigenvalue weighted by Gasteiger charge is 2.15. The summed E-state index contributed by atoms with van der Waals surface area (Å²) in [6.07, 6.45) is 1.20. The van der Waals surface area contributed by atoms with E-state index >= 15 is 0 Å². The maximum Gasteiger partial charge on any atom is 0.175 e. The maximum atomic E-state index is 11.6. The van der Waals surface area contributed by atoms with Gasteiger partial charge in [0.05, 0.1) is 10.5 Å². The molecule has 0 saturated heterocycles. The van der Waals surface area contributed by atoms with Crippen molar-refractivity contribution in [2.24, 2.45) is 0 Å². The van der Waals surface area contributed by atoms with Crippen LogP contribution in [0.2, 0.25) is 0 Å². The first-order chi connectivity index (χ1) is 9.18. The van der Waals surface area contributed by atoms with E-state index in [-0.39, 0.29) is 0 Å². The van der Waals surface area contributed by atoms with Gasteiger partial charge in [0.2, 0.25) is 0 Å². The van der Waals surface area contributed by atoms with Crippen LogP contribution in [0.25, 0.3) is 11.1 Å². The summed E-state index contributed by atoms with van der Waals surface area (Å²) in [5, 5.41) is 9.92. The van der Waals surface area contributed by atoms with Gasteiger partial charge in [0.15, 0.2) is 9.84 Å². The van der Waals surface area contributed by atoms with Crippen LogP contribution in [0.4, 0.5) is 0 Å². The Bertz CT molecular complexity index is 708. The van der Waals surface area contributed by atoms with E-state index in [4.69, 9.17) is 0 Å². The topological polar surface area (TPSA) is 54.4 Å². The molecule has 4 heteroatoms. The fourth-order valence-electron chi connectivity index (χ4n) is 1.98. The lowest BCUT2D eigenvalue weighted by Gasteiger charge is -2.18. The normalized spacial score (nSPS) is 12.4. The maximum absolute atomic E-state index is 11.6. The van der Waals surface area contributed by atoms with Gasteiger partial charge in [-0.25, -0.2) is 8.42 Å². The summed E-state index contributed by atoms with van der Waals surface area (Å²) in [5.41, 5.74) is 1.70. The Balaban J connectivity index is 2.43. The molecule has 106 valence electrons. The van der Waals surface area contributed by atoms with Gasteiger partial charge in [0.1, 0.15) is 0 Å². The van der Waals surface area contributed by atoms with Gasteiger partial charge in [-0.05, 0) is 42.7 Å². The second-order valence-electron chi connectivity index (χ2n) is 5.44. The molecular formula is C16H18O3S. The second kappa shape index (κ2) is 5.04. The smallest absolute Gasteiger partial charge is 0.175 e. The van der Waals surface area contributed by atoms with Crippen LogP contribution in [-0.4, -0.2) is 19.8 Å². The molecule has 0 aromatic heterocycles. The molecule has 2 aromatic carbocycles. The third kappa shape index (κ3) is 3.26. The van der Waals surface area contributed by atoms with Crippen molar-refractivity contribution in [3.05, 3.63) is 54.1 Å². The number of aliphatic hydroxyl groups is 1. The molecule has 0 amide bonds. The fourth-order valence-corrected chi connectivity index (χ4v) is 2.64. The molecule has 0 atom stereocenters. The average Bonchev–Trinajstić information content (AvgIpc) is 2.37. The minimum absolute atomic E-state index is 0.307. The van der Waals surface area contributed by atoms with E-state index in [9.17, 15) is 13.5 Å². The Kier molecular flexibility index (Phi) is 3.71. The monoisotopic (exact) mass is 290 g/mol. The zero-order valence-corrected chi connectivity index (χ0v) is 12.6. The van der Waals surface area contributed by atoms with E-state index in [0.29, 0.717) is 4.90 Å². The van der Waals surface area contributed by atoms with Crippen molar-refractivity contribution in [1.29, 1.82) is 0 Å². The van der Waals surface area contributed by atoms with E-state index in [1.807, 2.05) is 30.3 Å². The van der Waals surface area contributed by atoms with E-state index < -0.39 is 15.4 Å². The van der Waals surface area contributed by atoms with Crippen LogP contribution in [0.15, 0.2) is 53.4 Å². The van der Waals surface area contributed by atoms with Crippen molar-refractivity contribution in [1.82, 2.24) is 0 Å². The van der Waals surface area contributed by atoms with Crippen molar-refractivity contribution in [3.63, 3.8) is 0 Å². The molecule has 0 aliphatic carbocycles. The number of benzene rings is 2. The zero-order valence-electron chi connectivity index (χ0n) is 11.8. The Morgan fingerprint density at radius 1 is 0.950 bits per heavy atom. The number of hydrogen-bond acceptors (Lipinski definition) is 3. The lowest BCUT2D eigenvalue weighted by Crippen LogP contribution is -2.14. The van der Waals surface area contributed by atoms with Gasteiger partial charge in [-0.15, -0.1) is 0 Å². The minimum atomic E-state index is -3.20. The molecular weight excluding hydrogens is 272 g/mol. The van der Waals surface area contributed by atoms with E-state index in [1.165, 1.54) is 6.26 Å². The molecule has 0 spiro atoms. The van der Waals surface area contributed by atoms with Gasteiger partial charge in [-0.3, -0.25) is 0 Å². The molecule has 0 bridgehead atoms. The highest BCUT2D eigenvalue weighted by atomic mass is 32.2. The summed E-state index contributed by atoms with van der Waals surface area (Å²) in [6.45, 7) is 3.46. The number of sulfone groups is 1. The summed E-state index contributed by atoms with van der Waals surface area (Å²) < 4.78 is 23.1. The molecule has 2 aromatic rings. The quantitative estimate of drug-likeness (QED) is 0.945.